The second-order valence-electron chi connectivity index (χ2n) is 15.6. The summed E-state index contributed by atoms with van der Waals surface area (Å²) < 4.78 is 20.5. The number of methoxy groups -OCH3 is 1. The number of ether oxygens (including phenoxy) is 1. The van der Waals surface area contributed by atoms with E-state index in [4.69, 9.17) is 19.7 Å². The van der Waals surface area contributed by atoms with Crippen molar-refractivity contribution < 1.29 is 9.13 Å². The van der Waals surface area contributed by atoms with Crippen LogP contribution in [0, 0.1) is 0 Å². The van der Waals surface area contributed by atoms with Gasteiger partial charge in [-0.25, -0.2) is 9.37 Å². The van der Waals surface area contributed by atoms with Crippen molar-refractivity contribution in [3.63, 3.8) is 0 Å². The van der Waals surface area contributed by atoms with Crippen LogP contribution in [0.1, 0.15) is 93.5 Å². The van der Waals surface area contributed by atoms with Crippen LogP contribution in [0.2, 0.25) is 0 Å². The maximum absolute atomic E-state index is 12.6. The molecule has 0 radical (unpaired) electrons. The molecule has 0 bridgehead atoms. The predicted molar refractivity (Wildman–Crippen MR) is 218 cm³/mol. The Bertz CT molecular complexity index is 1970. The summed E-state index contributed by atoms with van der Waals surface area (Å²) in [6.07, 6.45) is 10.2. The number of hydrogen-bond acceptors (Lipinski definition) is 8. The fraction of sp³-hybridized carbons (Fsp3) is 0.523. The SMILES string of the molecule is CCCc1ccccc1C1Cc2nc(OC)nc(N3CCCN/C(=C\C(=C(/C)CC)c4nc5ccccc5n4C)C3)c2CN1C.FC1CC2CCCN2C1. The molecule has 3 atom stereocenters. The molecule has 0 amide bonds. The van der Waals surface area contributed by atoms with Gasteiger partial charge >= 0.3 is 6.01 Å². The molecule has 3 unspecified atom stereocenters. The van der Waals surface area contributed by atoms with E-state index in [1.54, 1.807) is 7.11 Å². The van der Waals surface area contributed by atoms with E-state index in [1.165, 1.54) is 46.4 Å². The fourth-order valence-corrected chi connectivity index (χ4v) is 8.87. The highest BCUT2D eigenvalue weighted by atomic mass is 19.1. The molecule has 2 aromatic heterocycles. The van der Waals surface area contributed by atoms with Crippen LogP contribution in [0.25, 0.3) is 16.6 Å². The number of imidazole rings is 1. The molecule has 6 heterocycles. The molecule has 4 aliphatic rings. The van der Waals surface area contributed by atoms with Gasteiger partial charge in [-0.05, 0) is 88.4 Å². The van der Waals surface area contributed by atoms with E-state index >= 15 is 0 Å². The molecule has 4 aromatic rings. The normalized spacial score (nSPS) is 23.0. The number of fused-ring (bicyclic) bond motifs is 3. The number of para-hydroxylation sites is 2. The zero-order chi connectivity index (χ0) is 37.8. The Morgan fingerprint density at radius 3 is 2.59 bits per heavy atom. The molecule has 288 valence electrons. The molecule has 54 heavy (non-hydrogen) atoms. The van der Waals surface area contributed by atoms with Crippen LogP contribution in [-0.2, 0) is 26.4 Å². The van der Waals surface area contributed by atoms with Crippen molar-refractivity contribution in [2.24, 2.45) is 7.05 Å². The van der Waals surface area contributed by atoms with Crippen LogP contribution in [0.4, 0.5) is 10.2 Å². The number of nitrogens with zero attached hydrogens (tertiary/aromatic N) is 7. The summed E-state index contributed by atoms with van der Waals surface area (Å²) in [7, 11) is 6.02. The minimum atomic E-state index is -0.518. The monoisotopic (exact) mass is 734 g/mol. The van der Waals surface area contributed by atoms with Gasteiger partial charge in [-0.1, -0.05) is 62.2 Å². The standard InChI is InChI=1S/C37H47N7O.C7H12FN/c1-7-14-26-15-9-10-16-28(26)34-22-32-30(24-42(34)4)36(41-37(40-32)45-6)44-20-13-19-38-27(23-44)21-29(25(3)8-2)35-39-31-17-11-12-18-33(31)43(35)5;8-6-4-7-2-1-3-9(7)5-6/h9-12,15-18,21,34,38H,7-8,13-14,19-20,22-24H2,1-6H3;6-7H,1-5H2/b27-21-,29-25-;. The lowest BCUT2D eigenvalue weighted by atomic mass is 9.89. The van der Waals surface area contributed by atoms with Gasteiger partial charge < -0.3 is 19.5 Å². The average Bonchev–Trinajstić information content (AvgIpc) is 3.81. The van der Waals surface area contributed by atoms with Gasteiger partial charge in [0.2, 0.25) is 0 Å². The number of aryl methyl sites for hydroxylation is 2. The highest BCUT2D eigenvalue weighted by Gasteiger charge is 2.35. The Kier molecular flexibility index (Phi) is 12.0. The van der Waals surface area contributed by atoms with E-state index in [9.17, 15) is 4.39 Å². The largest absolute Gasteiger partial charge is 0.467 e. The molecule has 8 rings (SSSR count). The highest BCUT2D eigenvalue weighted by molar-refractivity contribution is 5.83. The van der Waals surface area contributed by atoms with E-state index in [2.05, 4.69) is 114 Å². The summed E-state index contributed by atoms with van der Waals surface area (Å²) in [6, 6.07) is 18.6. The topological polar surface area (TPSA) is 74.6 Å². The van der Waals surface area contributed by atoms with Crippen molar-refractivity contribution >= 4 is 22.4 Å². The first kappa shape index (κ1) is 38.0. The molecule has 0 spiro atoms. The zero-order valence-corrected chi connectivity index (χ0v) is 33.2. The van der Waals surface area contributed by atoms with E-state index in [-0.39, 0.29) is 6.04 Å². The third kappa shape index (κ3) is 8.05. The predicted octanol–water partition coefficient (Wildman–Crippen LogP) is 7.81. The van der Waals surface area contributed by atoms with Crippen molar-refractivity contribution in [2.75, 3.05) is 51.8 Å². The number of nitrogens with one attached hydrogen (secondary N) is 1. The Hall–Kier alpha value is -4.28. The van der Waals surface area contributed by atoms with E-state index in [0.29, 0.717) is 18.6 Å². The van der Waals surface area contributed by atoms with Crippen LogP contribution >= 0.6 is 0 Å². The number of rotatable bonds is 8. The summed E-state index contributed by atoms with van der Waals surface area (Å²) in [5.74, 6) is 1.98. The lowest BCUT2D eigenvalue weighted by Gasteiger charge is -2.37. The maximum Gasteiger partial charge on any atom is 0.318 e. The van der Waals surface area contributed by atoms with Gasteiger partial charge in [0, 0.05) is 68.6 Å². The Morgan fingerprint density at radius 2 is 1.81 bits per heavy atom. The summed E-state index contributed by atoms with van der Waals surface area (Å²) in [5.41, 5.74) is 11.0. The van der Waals surface area contributed by atoms with Gasteiger partial charge in [0.15, 0.2) is 0 Å². The van der Waals surface area contributed by atoms with Gasteiger partial charge in [0.1, 0.15) is 17.8 Å². The second-order valence-corrected chi connectivity index (χ2v) is 15.6. The summed E-state index contributed by atoms with van der Waals surface area (Å²) >= 11 is 0. The van der Waals surface area contributed by atoms with E-state index < -0.39 is 6.17 Å². The highest BCUT2D eigenvalue weighted by Crippen LogP contribution is 2.38. The molecule has 4 aliphatic heterocycles. The van der Waals surface area contributed by atoms with Crippen LogP contribution < -0.4 is 15.0 Å². The first-order valence-electron chi connectivity index (χ1n) is 20.2. The molecule has 0 aliphatic carbocycles. The molecule has 2 aromatic carbocycles. The Morgan fingerprint density at radius 1 is 1.00 bits per heavy atom. The summed E-state index contributed by atoms with van der Waals surface area (Å²) in [4.78, 5) is 22.2. The number of halogens is 1. The summed E-state index contributed by atoms with van der Waals surface area (Å²) in [5, 5.41) is 3.74. The third-order valence-corrected chi connectivity index (χ3v) is 11.9. The number of anilines is 1. The van der Waals surface area contributed by atoms with Crippen molar-refractivity contribution in [3.8, 4) is 6.01 Å². The van der Waals surface area contributed by atoms with Crippen LogP contribution in [0.15, 0.2) is 65.9 Å². The van der Waals surface area contributed by atoms with Crippen LogP contribution in [-0.4, -0.2) is 88.4 Å². The molecular weight excluding hydrogens is 676 g/mol. The molecule has 0 saturated carbocycles. The summed E-state index contributed by atoms with van der Waals surface area (Å²) in [6.45, 7) is 11.9. The molecule has 10 heteroatoms. The minimum absolute atomic E-state index is 0.270. The molecule has 3 saturated heterocycles. The molecule has 1 N–H and O–H groups in total. The van der Waals surface area contributed by atoms with Crippen molar-refractivity contribution in [1.29, 1.82) is 0 Å². The van der Waals surface area contributed by atoms with Crippen molar-refractivity contribution in [1.82, 2.24) is 34.6 Å². The van der Waals surface area contributed by atoms with E-state index in [0.717, 1.165) is 99.6 Å². The average molecular weight is 735 g/mol. The number of hydrogen-bond donors (Lipinski definition) is 1. The number of likely N-dealkylation sites (N-methyl/N-ethyl adjacent to an activating group) is 1. The second kappa shape index (κ2) is 17.0. The number of alkyl halides is 1. The number of aromatic nitrogens is 4. The zero-order valence-electron chi connectivity index (χ0n) is 33.2. The van der Waals surface area contributed by atoms with Crippen LogP contribution in [0.3, 0.4) is 0 Å². The van der Waals surface area contributed by atoms with Crippen molar-refractivity contribution in [3.05, 3.63) is 94.1 Å². The smallest absolute Gasteiger partial charge is 0.318 e. The van der Waals surface area contributed by atoms with Crippen LogP contribution in [0.5, 0.6) is 6.01 Å². The lowest BCUT2D eigenvalue weighted by Crippen LogP contribution is -2.36. The quantitative estimate of drug-likeness (QED) is 0.197. The van der Waals surface area contributed by atoms with E-state index in [1.807, 2.05) is 0 Å². The van der Waals surface area contributed by atoms with Gasteiger partial charge in [-0.2, -0.15) is 9.97 Å². The van der Waals surface area contributed by atoms with Gasteiger partial charge in [-0.3, -0.25) is 9.80 Å². The van der Waals surface area contributed by atoms with Gasteiger partial charge in [0.25, 0.3) is 0 Å². The Labute approximate surface area is 321 Å². The number of allylic oxidation sites excluding steroid dienone is 3. The Balaban J connectivity index is 0.000000433. The van der Waals surface area contributed by atoms with Gasteiger partial charge in [-0.15, -0.1) is 0 Å². The lowest BCUT2D eigenvalue weighted by molar-refractivity contribution is 0.212. The molecular formula is C44H59FN8O. The first-order valence-corrected chi connectivity index (χ1v) is 20.2. The van der Waals surface area contributed by atoms with Crippen molar-refractivity contribution in [2.45, 2.75) is 96.9 Å². The maximum atomic E-state index is 12.6. The number of benzene rings is 2. The fourth-order valence-electron chi connectivity index (χ4n) is 8.87. The molecule has 3 fully saturated rings. The first-order chi connectivity index (χ1) is 26.3. The third-order valence-electron chi connectivity index (χ3n) is 11.9. The van der Waals surface area contributed by atoms with Gasteiger partial charge in [0.05, 0.1) is 30.4 Å². The molecule has 9 nitrogen and oxygen atoms in total. The minimum Gasteiger partial charge on any atom is -0.467 e.